The topological polar surface area (TPSA) is 51.0 Å². The summed E-state index contributed by atoms with van der Waals surface area (Å²) in [5.41, 5.74) is 0. The second-order valence-electron chi connectivity index (χ2n) is 3.69. The SMILES string of the molecule is CCC(C)Nc1nc(C2CC2)no1. The molecule has 4 nitrogen and oxygen atoms in total. The van der Waals surface area contributed by atoms with Crippen LogP contribution >= 0.6 is 0 Å². The van der Waals surface area contributed by atoms with Gasteiger partial charge >= 0.3 is 6.01 Å². The summed E-state index contributed by atoms with van der Waals surface area (Å²) in [6, 6.07) is 0.962. The van der Waals surface area contributed by atoms with Gasteiger partial charge in [-0.15, -0.1) is 0 Å². The number of anilines is 1. The number of rotatable bonds is 4. The van der Waals surface area contributed by atoms with Crippen LogP contribution in [0, 0.1) is 0 Å². The number of hydrogen-bond donors (Lipinski definition) is 1. The van der Waals surface area contributed by atoms with Crippen LogP contribution in [-0.2, 0) is 0 Å². The first-order chi connectivity index (χ1) is 6.29. The van der Waals surface area contributed by atoms with Gasteiger partial charge in [0.25, 0.3) is 0 Å². The molecule has 72 valence electrons. The van der Waals surface area contributed by atoms with E-state index in [0.29, 0.717) is 18.0 Å². The van der Waals surface area contributed by atoms with E-state index in [2.05, 4.69) is 29.3 Å². The van der Waals surface area contributed by atoms with Crippen LogP contribution < -0.4 is 5.32 Å². The first-order valence-corrected chi connectivity index (χ1v) is 4.89. The molecule has 0 bridgehead atoms. The molecular formula is C9H15N3O. The first-order valence-electron chi connectivity index (χ1n) is 4.89. The van der Waals surface area contributed by atoms with Gasteiger partial charge in [0.05, 0.1) is 0 Å². The van der Waals surface area contributed by atoms with Crippen LogP contribution in [0.4, 0.5) is 6.01 Å². The molecule has 0 aromatic carbocycles. The third kappa shape index (κ3) is 1.99. The van der Waals surface area contributed by atoms with Crippen LogP contribution in [0.15, 0.2) is 4.52 Å². The number of hydrogen-bond acceptors (Lipinski definition) is 4. The molecule has 1 aliphatic carbocycles. The highest BCUT2D eigenvalue weighted by atomic mass is 16.5. The normalized spacial score (nSPS) is 18.6. The van der Waals surface area contributed by atoms with Crippen LogP contribution in [0.3, 0.4) is 0 Å². The predicted octanol–water partition coefficient (Wildman–Crippen LogP) is 2.16. The van der Waals surface area contributed by atoms with Crippen molar-refractivity contribution in [1.29, 1.82) is 0 Å². The Balaban J connectivity index is 1.96. The van der Waals surface area contributed by atoms with Gasteiger partial charge in [0.15, 0.2) is 5.82 Å². The summed E-state index contributed by atoms with van der Waals surface area (Å²) in [7, 11) is 0. The Hall–Kier alpha value is -1.06. The van der Waals surface area contributed by atoms with Crippen LogP contribution in [-0.4, -0.2) is 16.2 Å². The van der Waals surface area contributed by atoms with Gasteiger partial charge in [-0.3, -0.25) is 0 Å². The van der Waals surface area contributed by atoms with Gasteiger partial charge < -0.3 is 9.84 Å². The molecule has 1 aromatic heterocycles. The minimum absolute atomic E-state index is 0.396. The monoisotopic (exact) mass is 181 g/mol. The summed E-state index contributed by atoms with van der Waals surface area (Å²) in [4.78, 5) is 4.27. The van der Waals surface area contributed by atoms with Crippen molar-refractivity contribution < 1.29 is 4.52 Å². The second kappa shape index (κ2) is 3.36. The van der Waals surface area contributed by atoms with Crippen LogP contribution in [0.25, 0.3) is 0 Å². The zero-order valence-corrected chi connectivity index (χ0v) is 8.08. The molecule has 0 spiro atoms. The van der Waals surface area contributed by atoms with Crippen molar-refractivity contribution in [2.24, 2.45) is 0 Å². The zero-order chi connectivity index (χ0) is 9.26. The summed E-state index contributed by atoms with van der Waals surface area (Å²) in [5, 5.41) is 7.07. The molecule has 0 saturated heterocycles. The summed E-state index contributed by atoms with van der Waals surface area (Å²) in [6.45, 7) is 4.22. The van der Waals surface area contributed by atoms with Crippen molar-refractivity contribution in [3.8, 4) is 0 Å². The lowest BCUT2D eigenvalue weighted by molar-refractivity contribution is 0.419. The first kappa shape index (κ1) is 8.53. The second-order valence-corrected chi connectivity index (χ2v) is 3.69. The predicted molar refractivity (Wildman–Crippen MR) is 49.6 cm³/mol. The van der Waals surface area contributed by atoms with E-state index in [1.807, 2.05) is 0 Å². The highest BCUT2D eigenvalue weighted by molar-refractivity contribution is 5.21. The molecule has 1 aromatic rings. The van der Waals surface area contributed by atoms with E-state index in [0.717, 1.165) is 12.2 Å². The summed E-state index contributed by atoms with van der Waals surface area (Å²) >= 11 is 0. The van der Waals surface area contributed by atoms with E-state index in [9.17, 15) is 0 Å². The number of nitrogens with zero attached hydrogens (tertiary/aromatic N) is 2. The molecule has 0 aliphatic heterocycles. The maximum atomic E-state index is 5.07. The van der Waals surface area contributed by atoms with Crippen molar-refractivity contribution >= 4 is 6.01 Å². The van der Waals surface area contributed by atoms with Gasteiger partial charge in [0.2, 0.25) is 0 Å². The third-order valence-electron chi connectivity index (χ3n) is 2.37. The van der Waals surface area contributed by atoms with E-state index in [1.165, 1.54) is 12.8 Å². The molecule has 1 aliphatic rings. The van der Waals surface area contributed by atoms with Gasteiger partial charge in [0, 0.05) is 12.0 Å². The zero-order valence-electron chi connectivity index (χ0n) is 8.08. The van der Waals surface area contributed by atoms with Crippen LogP contribution in [0.2, 0.25) is 0 Å². The lowest BCUT2D eigenvalue weighted by Gasteiger charge is -2.06. The average Bonchev–Trinajstić information content (AvgIpc) is 2.88. The third-order valence-corrected chi connectivity index (χ3v) is 2.37. The summed E-state index contributed by atoms with van der Waals surface area (Å²) < 4.78 is 5.07. The van der Waals surface area contributed by atoms with E-state index in [1.54, 1.807) is 0 Å². The molecule has 13 heavy (non-hydrogen) atoms. The summed E-state index contributed by atoms with van der Waals surface area (Å²) in [5.74, 6) is 1.43. The van der Waals surface area contributed by atoms with Gasteiger partial charge in [-0.25, -0.2) is 0 Å². The van der Waals surface area contributed by atoms with Crippen molar-refractivity contribution in [2.75, 3.05) is 5.32 Å². The van der Waals surface area contributed by atoms with Crippen molar-refractivity contribution in [3.05, 3.63) is 5.82 Å². The van der Waals surface area contributed by atoms with E-state index in [4.69, 9.17) is 4.52 Å². The van der Waals surface area contributed by atoms with Gasteiger partial charge in [0.1, 0.15) is 0 Å². The van der Waals surface area contributed by atoms with Crippen molar-refractivity contribution in [2.45, 2.75) is 45.1 Å². The largest absolute Gasteiger partial charge is 0.335 e. The van der Waals surface area contributed by atoms with Gasteiger partial charge in [-0.05, 0) is 26.2 Å². The molecule has 1 saturated carbocycles. The molecule has 1 atom stereocenters. The Labute approximate surface area is 77.7 Å². The summed E-state index contributed by atoms with van der Waals surface area (Å²) in [6.07, 6.45) is 3.48. The Bertz CT molecular complexity index is 280. The fraction of sp³-hybridized carbons (Fsp3) is 0.778. The average molecular weight is 181 g/mol. The standard InChI is InChI=1S/C9H15N3O/c1-3-6(2)10-9-11-8(12-13-9)7-4-5-7/h6-7H,3-5H2,1-2H3,(H,10,11,12). The fourth-order valence-corrected chi connectivity index (χ4v) is 1.11. The van der Waals surface area contributed by atoms with E-state index >= 15 is 0 Å². The molecule has 1 fully saturated rings. The Kier molecular flexibility index (Phi) is 2.20. The molecule has 2 rings (SSSR count). The van der Waals surface area contributed by atoms with Gasteiger partial charge in [-0.2, -0.15) is 4.98 Å². The highest BCUT2D eigenvalue weighted by Gasteiger charge is 2.28. The molecular weight excluding hydrogens is 166 g/mol. The lowest BCUT2D eigenvalue weighted by Crippen LogP contribution is -2.13. The molecule has 1 heterocycles. The molecule has 0 radical (unpaired) electrons. The van der Waals surface area contributed by atoms with Crippen LogP contribution in [0.5, 0.6) is 0 Å². The quantitative estimate of drug-likeness (QED) is 0.773. The molecule has 0 amide bonds. The highest BCUT2D eigenvalue weighted by Crippen LogP contribution is 2.38. The maximum Gasteiger partial charge on any atom is 0.321 e. The molecule has 1 N–H and O–H groups in total. The van der Waals surface area contributed by atoms with Crippen LogP contribution in [0.1, 0.15) is 44.9 Å². The van der Waals surface area contributed by atoms with Crippen molar-refractivity contribution in [1.82, 2.24) is 10.1 Å². The minimum Gasteiger partial charge on any atom is -0.335 e. The maximum absolute atomic E-state index is 5.07. The van der Waals surface area contributed by atoms with Crippen molar-refractivity contribution in [3.63, 3.8) is 0 Å². The molecule has 1 unspecified atom stereocenters. The number of aromatic nitrogens is 2. The van der Waals surface area contributed by atoms with E-state index in [-0.39, 0.29) is 0 Å². The van der Waals surface area contributed by atoms with Gasteiger partial charge in [-0.1, -0.05) is 12.1 Å². The Morgan fingerprint density at radius 2 is 2.38 bits per heavy atom. The Morgan fingerprint density at radius 1 is 1.62 bits per heavy atom. The fourth-order valence-electron chi connectivity index (χ4n) is 1.11. The number of nitrogens with one attached hydrogen (secondary N) is 1. The lowest BCUT2D eigenvalue weighted by atomic mass is 10.3. The van der Waals surface area contributed by atoms with E-state index < -0.39 is 0 Å². The Morgan fingerprint density at radius 3 is 3.00 bits per heavy atom. The molecule has 4 heteroatoms. The smallest absolute Gasteiger partial charge is 0.321 e. The minimum atomic E-state index is 0.396.